The van der Waals surface area contributed by atoms with Crippen molar-refractivity contribution in [2.24, 2.45) is 0 Å². The zero-order chi connectivity index (χ0) is 13.8. The lowest BCUT2D eigenvalue weighted by Crippen LogP contribution is -2.17. The fourth-order valence-electron chi connectivity index (χ4n) is 1.98. The van der Waals surface area contributed by atoms with Gasteiger partial charge in [0.05, 0.1) is 12.6 Å². The van der Waals surface area contributed by atoms with Gasteiger partial charge in [0.15, 0.2) is 0 Å². The van der Waals surface area contributed by atoms with E-state index in [0.717, 1.165) is 11.3 Å². The van der Waals surface area contributed by atoms with Crippen LogP contribution < -0.4 is 5.32 Å². The van der Waals surface area contributed by atoms with E-state index in [1.54, 1.807) is 12.1 Å². The first-order valence-corrected chi connectivity index (χ1v) is 6.38. The Morgan fingerprint density at radius 3 is 2.58 bits per heavy atom. The third-order valence-electron chi connectivity index (χ3n) is 3.01. The number of hydrogen-bond acceptors (Lipinski definition) is 2. The van der Waals surface area contributed by atoms with Gasteiger partial charge in [0, 0.05) is 16.3 Å². The van der Waals surface area contributed by atoms with E-state index in [4.69, 9.17) is 11.6 Å². The molecule has 0 amide bonds. The van der Waals surface area contributed by atoms with Crippen molar-refractivity contribution in [1.29, 1.82) is 0 Å². The Kier molecular flexibility index (Phi) is 4.40. The zero-order valence-corrected chi connectivity index (χ0v) is 11.3. The zero-order valence-electron chi connectivity index (χ0n) is 10.5. The molecule has 0 saturated carbocycles. The van der Waals surface area contributed by atoms with Gasteiger partial charge in [-0.1, -0.05) is 35.9 Å². The summed E-state index contributed by atoms with van der Waals surface area (Å²) in [5.74, 6) is -0.423. The monoisotopic (exact) mass is 279 g/mol. The molecule has 2 nitrogen and oxygen atoms in total. The summed E-state index contributed by atoms with van der Waals surface area (Å²) in [6.45, 7) is 1.70. The second kappa shape index (κ2) is 6.04. The Morgan fingerprint density at radius 1 is 1.21 bits per heavy atom. The van der Waals surface area contributed by atoms with Crippen LogP contribution in [0.3, 0.4) is 0 Å². The van der Waals surface area contributed by atoms with Crippen LogP contribution in [0.2, 0.25) is 5.02 Å². The molecule has 100 valence electrons. The first-order chi connectivity index (χ1) is 9.13. The van der Waals surface area contributed by atoms with E-state index in [9.17, 15) is 9.50 Å². The predicted octanol–water partition coefficient (Wildman–Crippen LogP) is 3.93. The van der Waals surface area contributed by atoms with Gasteiger partial charge in [0.1, 0.15) is 5.82 Å². The summed E-state index contributed by atoms with van der Waals surface area (Å²) in [7, 11) is 0. The molecule has 1 unspecified atom stereocenters. The molecule has 0 bridgehead atoms. The Labute approximate surface area is 116 Å². The van der Waals surface area contributed by atoms with E-state index in [2.05, 4.69) is 5.32 Å². The molecule has 19 heavy (non-hydrogen) atoms. The Balaban J connectivity index is 2.34. The summed E-state index contributed by atoms with van der Waals surface area (Å²) in [4.78, 5) is 0. The van der Waals surface area contributed by atoms with Crippen molar-refractivity contribution in [2.45, 2.75) is 13.0 Å². The van der Waals surface area contributed by atoms with E-state index >= 15 is 0 Å². The Hall–Kier alpha value is -1.58. The van der Waals surface area contributed by atoms with Crippen molar-refractivity contribution in [3.05, 3.63) is 64.4 Å². The Bertz CT molecular complexity index is 554. The highest BCUT2D eigenvalue weighted by Gasteiger charge is 2.18. The number of rotatable bonds is 4. The first kappa shape index (κ1) is 13.8. The summed E-state index contributed by atoms with van der Waals surface area (Å²) in [6, 6.07) is 11.5. The van der Waals surface area contributed by atoms with Gasteiger partial charge in [-0.25, -0.2) is 4.39 Å². The van der Waals surface area contributed by atoms with Gasteiger partial charge >= 0.3 is 0 Å². The van der Waals surface area contributed by atoms with Gasteiger partial charge in [-0.15, -0.1) is 0 Å². The molecule has 2 aromatic carbocycles. The van der Waals surface area contributed by atoms with Gasteiger partial charge in [0.25, 0.3) is 0 Å². The molecule has 1 atom stereocenters. The lowest BCUT2D eigenvalue weighted by Gasteiger charge is -2.21. The van der Waals surface area contributed by atoms with Crippen LogP contribution in [0.15, 0.2) is 42.5 Å². The van der Waals surface area contributed by atoms with Crippen LogP contribution in [0.1, 0.15) is 17.2 Å². The highest BCUT2D eigenvalue weighted by atomic mass is 35.5. The normalized spacial score (nSPS) is 12.2. The summed E-state index contributed by atoms with van der Waals surface area (Å²) < 4.78 is 13.9. The lowest BCUT2D eigenvalue weighted by atomic mass is 10.1. The summed E-state index contributed by atoms with van der Waals surface area (Å²) in [5, 5.41) is 12.9. The van der Waals surface area contributed by atoms with E-state index < -0.39 is 11.9 Å². The van der Waals surface area contributed by atoms with Crippen molar-refractivity contribution in [3.8, 4) is 0 Å². The van der Waals surface area contributed by atoms with Crippen molar-refractivity contribution < 1.29 is 9.50 Å². The van der Waals surface area contributed by atoms with E-state index in [1.165, 1.54) is 6.07 Å². The molecule has 2 N–H and O–H groups in total. The largest absolute Gasteiger partial charge is 0.394 e. The molecule has 2 rings (SSSR count). The summed E-state index contributed by atoms with van der Waals surface area (Å²) in [5.41, 5.74) is 2.16. The van der Waals surface area contributed by atoms with Crippen molar-refractivity contribution >= 4 is 17.3 Å². The van der Waals surface area contributed by atoms with Crippen LogP contribution in [0, 0.1) is 12.7 Å². The quantitative estimate of drug-likeness (QED) is 0.889. The molecule has 0 aliphatic carbocycles. The van der Waals surface area contributed by atoms with Gasteiger partial charge in [0.2, 0.25) is 0 Å². The van der Waals surface area contributed by atoms with Gasteiger partial charge in [-0.05, 0) is 30.7 Å². The molecule has 4 heteroatoms. The third kappa shape index (κ3) is 3.06. The number of benzene rings is 2. The maximum Gasteiger partial charge on any atom is 0.130 e. The second-order valence-corrected chi connectivity index (χ2v) is 4.74. The molecule has 0 aromatic heterocycles. The molecule has 0 saturated heterocycles. The van der Waals surface area contributed by atoms with Crippen molar-refractivity contribution in [2.75, 3.05) is 11.9 Å². The summed E-state index contributed by atoms with van der Waals surface area (Å²) >= 11 is 6.02. The topological polar surface area (TPSA) is 32.3 Å². The standard InChI is InChI=1S/C15H15ClFNO/c1-10-5-2-3-8-13(10)18-14(9-19)15-11(16)6-4-7-12(15)17/h2-8,14,18-19H,9H2,1H3. The minimum absolute atomic E-state index is 0.241. The number of anilines is 1. The third-order valence-corrected chi connectivity index (χ3v) is 3.34. The number of aliphatic hydroxyl groups is 1. The first-order valence-electron chi connectivity index (χ1n) is 6.00. The number of hydrogen-bond donors (Lipinski definition) is 2. The lowest BCUT2D eigenvalue weighted by molar-refractivity contribution is 0.274. The molecule has 0 aliphatic rings. The fourth-order valence-corrected chi connectivity index (χ4v) is 2.27. The second-order valence-electron chi connectivity index (χ2n) is 4.33. The average molecular weight is 280 g/mol. The fraction of sp³-hybridized carbons (Fsp3) is 0.200. The van der Waals surface area contributed by atoms with Crippen LogP contribution >= 0.6 is 11.6 Å². The van der Waals surface area contributed by atoms with Crippen molar-refractivity contribution in [3.63, 3.8) is 0 Å². The van der Waals surface area contributed by atoms with Gasteiger partial charge in [-0.2, -0.15) is 0 Å². The number of nitrogens with one attached hydrogen (secondary N) is 1. The molecule has 0 fully saturated rings. The number of para-hydroxylation sites is 1. The average Bonchev–Trinajstić information content (AvgIpc) is 2.39. The number of halogens is 2. The maximum atomic E-state index is 13.9. The van der Waals surface area contributed by atoms with Crippen LogP contribution in [0.4, 0.5) is 10.1 Å². The van der Waals surface area contributed by atoms with Crippen LogP contribution in [-0.2, 0) is 0 Å². The number of aryl methyl sites for hydroxylation is 1. The molecular formula is C15H15ClFNO. The van der Waals surface area contributed by atoms with E-state index in [0.29, 0.717) is 5.02 Å². The van der Waals surface area contributed by atoms with E-state index in [-0.39, 0.29) is 12.2 Å². The highest BCUT2D eigenvalue weighted by Crippen LogP contribution is 2.29. The van der Waals surface area contributed by atoms with Crippen LogP contribution in [-0.4, -0.2) is 11.7 Å². The smallest absolute Gasteiger partial charge is 0.130 e. The minimum Gasteiger partial charge on any atom is -0.394 e. The van der Waals surface area contributed by atoms with E-state index in [1.807, 2.05) is 31.2 Å². The van der Waals surface area contributed by atoms with Gasteiger partial charge in [-0.3, -0.25) is 0 Å². The van der Waals surface area contributed by atoms with Crippen LogP contribution in [0.25, 0.3) is 0 Å². The molecule has 0 radical (unpaired) electrons. The maximum absolute atomic E-state index is 13.9. The Morgan fingerprint density at radius 2 is 1.95 bits per heavy atom. The molecule has 0 heterocycles. The predicted molar refractivity (Wildman–Crippen MR) is 76.0 cm³/mol. The minimum atomic E-state index is -0.574. The summed E-state index contributed by atoms with van der Waals surface area (Å²) in [6.07, 6.45) is 0. The SMILES string of the molecule is Cc1ccccc1NC(CO)c1c(F)cccc1Cl. The highest BCUT2D eigenvalue weighted by molar-refractivity contribution is 6.31. The molecule has 0 spiro atoms. The molecule has 0 aliphatic heterocycles. The molecule has 2 aromatic rings. The molecular weight excluding hydrogens is 265 g/mol. The van der Waals surface area contributed by atoms with Crippen molar-refractivity contribution in [1.82, 2.24) is 0 Å². The van der Waals surface area contributed by atoms with Crippen LogP contribution in [0.5, 0.6) is 0 Å². The number of aliphatic hydroxyl groups excluding tert-OH is 1. The van der Waals surface area contributed by atoms with Gasteiger partial charge < -0.3 is 10.4 Å².